The monoisotopic (exact) mass is 1600 g/mol. The minimum Gasteiger partial charge on any atom is -0.426 e. The Morgan fingerprint density at radius 3 is 0.712 bits per heavy atom. The van der Waals surface area contributed by atoms with Gasteiger partial charge in [0.25, 0.3) is 23.6 Å². The van der Waals surface area contributed by atoms with E-state index in [2.05, 4.69) is 80.5 Å². The van der Waals surface area contributed by atoms with E-state index in [1.54, 1.807) is 166 Å². The van der Waals surface area contributed by atoms with E-state index in [-0.39, 0.29) is 69.1 Å². The fraction of sp³-hybridized carbons (Fsp3) is 0.130. The van der Waals surface area contributed by atoms with Crippen LogP contribution in [0, 0.1) is 5.92 Å². The van der Waals surface area contributed by atoms with Crippen LogP contribution in [-0.2, 0) is 47.9 Å². The van der Waals surface area contributed by atoms with Gasteiger partial charge < -0.3 is 59.2 Å². The first-order valence-corrected chi connectivity index (χ1v) is 35.3. The first-order chi connectivity index (χ1) is 55.5. The van der Waals surface area contributed by atoms with Crippen molar-refractivity contribution in [2.24, 2.45) is 5.92 Å². The Morgan fingerprint density at radius 2 is 0.449 bits per heavy atom. The molecule has 0 aliphatic rings. The molecule has 0 radical (unpaired) electrons. The summed E-state index contributed by atoms with van der Waals surface area (Å²) in [6.07, 6.45) is 0. The second-order valence-electron chi connectivity index (χ2n) is 26.0. The van der Waals surface area contributed by atoms with Crippen LogP contribution in [0.5, 0.6) is 46.0 Å². The summed E-state index contributed by atoms with van der Waals surface area (Å²) in [5.41, 5.74) is 6.26. The van der Waals surface area contributed by atoms with E-state index in [0.717, 1.165) is 0 Å². The molecule has 0 atom stereocenters. The number of anilines is 4. The minimum atomic E-state index is -0.704. The topological polar surface area (TPSA) is 361 Å². The molecule has 608 valence electrons. The Bertz CT molecular complexity index is 4980. The highest BCUT2D eigenvalue weighted by atomic mass is 16.6. The predicted octanol–water partition coefficient (Wildman–Crippen LogP) is 17.0. The summed E-state index contributed by atoms with van der Waals surface area (Å²) < 4.78 is 40.9. The molecule has 0 saturated heterocycles. The predicted molar refractivity (Wildman–Crippen MR) is 447 cm³/mol. The summed E-state index contributed by atoms with van der Waals surface area (Å²) in [5.74, 6) is -4.38. The number of esters is 8. The van der Waals surface area contributed by atoms with Gasteiger partial charge in [-0.2, -0.15) is 0 Å². The third kappa shape index (κ3) is 33.4. The van der Waals surface area contributed by atoms with E-state index in [9.17, 15) is 67.1 Å². The third-order valence-electron chi connectivity index (χ3n) is 14.5. The van der Waals surface area contributed by atoms with Gasteiger partial charge in [0, 0.05) is 90.1 Å². The summed E-state index contributed by atoms with van der Waals surface area (Å²) in [5, 5.41) is 10.6. The SMILES string of the molecule is C=C(C)C(=O)Nc1ccc(C(=O)Oc2ccc(OC(=O)C(=C)C)cc2)cc1.C=C(C)C(=O)Nc1ccc(OC(=O)C(=C)C)cc1.C=C(C)C(=O)Nc1ccc(OC(=O)c2ccc(OC(=O)C(=C)C)cc2)cc1.C=C(C)C(=O)Nc1cccc(OC(=O)C(=C)C)c1.C=C(C)C(=O)Oc1ccc(C(=O)C(=O)c2ccc(OC(=O)C(C)C)cc2)cc1. The number of carbonyl (C=O) groups is 14. The first-order valence-electron chi connectivity index (χ1n) is 35.3. The van der Waals surface area contributed by atoms with Gasteiger partial charge in [-0.3, -0.25) is 33.6 Å². The number of Topliss-reactive ketones (excluding diaryl/α,β-unsaturated/α-hetero) is 2. The number of benzene rings is 8. The average molecular weight is 1600 g/mol. The van der Waals surface area contributed by atoms with Gasteiger partial charge in [0.1, 0.15) is 46.0 Å². The van der Waals surface area contributed by atoms with Crippen molar-refractivity contribution in [2.45, 2.75) is 76.2 Å². The molecular formula is C92H88N4O22. The maximum Gasteiger partial charge on any atom is 0.343 e. The molecular weight excluding hydrogens is 1510 g/mol. The van der Waals surface area contributed by atoms with E-state index >= 15 is 0 Å². The molecule has 8 rings (SSSR count). The van der Waals surface area contributed by atoms with Crippen LogP contribution in [0.25, 0.3) is 0 Å². The maximum atomic E-state index is 12.4. The van der Waals surface area contributed by atoms with Gasteiger partial charge in [-0.05, 0) is 244 Å². The molecule has 0 fully saturated rings. The molecule has 0 bridgehead atoms. The van der Waals surface area contributed by atoms with Crippen molar-refractivity contribution < 1.29 is 105 Å². The van der Waals surface area contributed by atoms with Crippen molar-refractivity contribution in [1.82, 2.24) is 0 Å². The minimum absolute atomic E-state index is 0.162. The Hall–Kier alpha value is -15.6. The number of hydrogen-bond acceptors (Lipinski definition) is 22. The van der Waals surface area contributed by atoms with Crippen molar-refractivity contribution in [3.8, 4) is 46.0 Å². The highest BCUT2D eigenvalue weighted by Gasteiger charge is 2.21. The first kappa shape index (κ1) is 94.8. The largest absolute Gasteiger partial charge is 0.426 e. The van der Waals surface area contributed by atoms with Crippen LogP contribution < -0.4 is 59.2 Å². The van der Waals surface area contributed by atoms with Crippen molar-refractivity contribution >= 4 is 106 Å². The van der Waals surface area contributed by atoms with Gasteiger partial charge >= 0.3 is 47.8 Å². The Kier molecular flexibility index (Phi) is 37.3. The lowest BCUT2D eigenvalue weighted by Crippen LogP contribution is -2.16. The molecule has 0 aromatic heterocycles. The van der Waals surface area contributed by atoms with Gasteiger partial charge in [-0.1, -0.05) is 79.1 Å². The molecule has 118 heavy (non-hydrogen) atoms. The zero-order valence-electron chi connectivity index (χ0n) is 66.9. The van der Waals surface area contributed by atoms with Crippen LogP contribution in [0.2, 0.25) is 0 Å². The zero-order valence-corrected chi connectivity index (χ0v) is 66.9. The van der Waals surface area contributed by atoms with Gasteiger partial charge in [0.05, 0.1) is 17.0 Å². The lowest BCUT2D eigenvalue weighted by atomic mass is 10.0. The van der Waals surface area contributed by atoms with Gasteiger partial charge in [-0.15, -0.1) is 0 Å². The molecule has 0 aliphatic carbocycles. The highest BCUT2D eigenvalue weighted by molar-refractivity contribution is 6.49. The second kappa shape index (κ2) is 46.4. The highest BCUT2D eigenvalue weighted by Crippen LogP contribution is 2.25. The number of amides is 4. The quantitative estimate of drug-likeness (QED) is 0.0122. The Labute approximate surface area is 682 Å². The van der Waals surface area contributed by atoms with Crippen LogP contribution in [0.3, 0.4) is 0 Å². The van der Waals surface area contributed by atoms with Crippen molar-refractivity contribution in [2.75, 3.05) is 21.3 Å². The molecule has 0 saturated carbocycles. The summed E-state index contributed by atoms with van der Waals surface area (Å²) in [4.78, 5) is 164. The summed E-state index contributed by atoms with van der Waals surface area (Å²) >= 11 is 0. The number of hydrogen-bond donors (Lipinski definition) is 4. The van der Waals surface area contributed by atoms with E-state index in [1.165, 1.54) is 104 Å². The van der Waals surface area contributed by atoms with Crippen LogP contribution in [-0.4, -0.2) is 82.9 Å². The smallest absolute Gasteiger partial charge is 0.343 e. The fourth-order valence-electron chi connectivity index (χ4n) is 7.87. The molecule has 0 spiro atoms. The number of nitrogens with one attached hydrogen (secondary N) is 4. The molecule has 8 aromatic rings. The van der Waals surface area contributed by atoms with Crippen LogP contribution in [0.1, 0.15) is 118 Å². The second-order valence-corrected chi connectivity index (χ2v) is 26.0. The summed E-state index contributed by atoms with van der Waals surface area (Å²) in [6.45, 7) is 49.3. The van der Waals surface area contributed by atoms with Crippen LogP contribution in [0.15, 0.2) is 303 Å². The average Bonchev–Trinajstić information content (AvgIpc) is 0.838. The van der Waals surface area contributed by atoms with Crippen LogP contribution >= 0.6 is 0 Å². The van der Waals surface area contributed by atoms with Gasteiger partial charge in [-0.25, -0.2) is 33.6 Å². The van der Waals surface area contributed by atoms with Crippen molar-refractivity contribution in [1.29, 1.82) is 0 Å². The van der Waals surface area contributed by atoms with Crippen LogP contribution in [0.4, 0.5) is 22.7 Å². The van der Waals surface area contributed by atoms with Gasteiger partial charge in [0.15, 0.2) is 0 Å². The molecule has 4 amide bonds. The third-order valence-corrected chi connectivity index (χ3v) is 14.5. The molecule has 26 heteroatoms. The van der Waals surface area contributed by atoms with Crippen molar-refractivity contribution in [3.63, 3.8) is 0 Å². The zero-order chi connectivity index (χ0) is 88.2. The lowest BCUT2D eigenvalue weighted by Gasteiger charge is -2.08. The number of rotatable bonds is 27. The normalized spacial score (nSPS) is 9.83. The number of carbonyl (C=O) groups excluding carboxylic acids is 14. The molecule has 0 unspecified atom stereocenters. The Morgan fingerprint density at radius 1 is 0.237 bits per heavy atom. The molecule has 0 aliphatic heterocycles. The fourth-order valence-corrected chi connectivity index (χ4v) is 7.87. The van der Waals surface area contributed by atoms with E-state index in [4.69, 9.17) is 37.9 Å². The summed E-state index contributed by atoms with van der Waals surface area (Å²) in [7, 11) is 0. The van der Waals surface area contributed by atoms with E-state index < -0.39 is 53.4 Å². The van der Waals surface area contributed by atoms with Crippen molar-refractivity contribution in [3.05, 3.63) is 326 Å². The standard InChI is InChI=1S/C22H20O6.2C21H19NO5.2C14H15NO3/c1-13(2)21(25)27-17-9-5-15(6-10-17)19(23)20(24)16-7-11-18(12-8-16)28-22(26)14(3)4;1-13(2)19(23)22-16-7-11-18(12-8-16)27-21(25)15-5-9-17(10-6-15)26-20(24)14(3)4;1-13(2)19(23)22-16-7-5-15(6-8-16)21(25)27-18-11-9-17(10-12-18)26-20(24)14(3)4;1-9(2)13(16)15-11-5-7-12(8-6-11)18-14(17)10(3)4;1-9(2)13(16)15-11-6-5-7-12(8-11)18-14(17)10(3)4/h5-12,14H,1H2,2-4H3;2*5-12H,1,3H2,2,4H3,(H,22,23);2*5-8H,1,3H2,2,4H3,(H,15,16). The lowest BCUT2D eigenvalue weighted by molar-refractivity contribution is -0.138. The van der Waals surface area contributed by atoms with E-state index in [0.29, 0.717) is 108 Å². The van der Waals surface area contributed by atoms with Gasteiger partial charge in [0.2, 0.25) is 11.6 Å². The van der Waals surface area contributed by atoms with E-state index in [1.807, 2.05) is 0 Å². The molecule has 0 heterocycles. The molecule has 8 aromatic carbocycles. The maximum absolute atomic E-state index is 12.4. The molecule has 4 N–H and O–H groups in total. The Balaban J connectivity index is 0.000000314. The summed E-state index contributed by atoms with van der Waals surface area (Å²) in [6, 6.07) is 49.1. The number of ether oxygens (including phenoxy) is 8. The molecule has 26 nitrogen and oxygen atoms in total. The number of ketones is 2.